The van der Waals surface area contributed by atoms with E-state index in [1.165, 1.54) is 12.1 Å². The Labute approximate surface area is 134 Å². The number of nitrogens with one attached hydrogen (secondary N) is 1. The second-order valence-electron chi connectivity index (χ2n) is 5.40. The lowest BCUT2D eigenvalue weighted by atomic mass is 9.95. The molecule has 1 unspecified atom stereocenters. The molecule has 23 heavy (non-hydrogen) atoms. The van der Waals surface area contributed by atoms with Gasteiger partial charge >= 0.3 is 0 Å². The average molecular weight is 311 g/mol. The van der Waals surface area contributed by atoms with Crippen LogP contribution in [0.25, 0.3) is 5.52 Å². The average Bonchev–Trinajstić information content (AvgIpc) is 2.98. The molecule has 2 aromatic heterocycles. The highest BCUT2D eigenvalue weighted by molar-refractivity contribution is 5.83. The van der Waals surface area contributed by atoms with Gasteiger partial charge in [-0.25, -0.2) is 9.37 Å². The van der Waals surface area contributed by atoms with Gasteiger partial charge in [0, 0.05) is 6.20 Å². The summed E-state index contributed by atoms with van der Waals surface area (Å²) in [7, 11) is 0. The number of nitrogens with zero attached hydrogens (tertiary/aromatic N) is 2. The molecule has 0 bridgehead atoms. The van der Waals surface area contributed by atoms with Gasteiger partial charge in [0.25, 0.3) is 0 Å². The molecule has 0 fully saturated rings. The number of hydrogen-bond acceptors (Lipinski definition) is 2. The molecule has 1 aromatic carbocycles. The van der Waals surface area contributed by atoms with Crippen LogP contribution in [0, 0.1) is 5.82 Å². The first-order chi connectivity index (χ1) is 11.2. The molecular formula is C18H18FN3O. The minimum Gasteiger partial charge on any atom is -0.348 e. The first-order valence-corrected chi connectivity index (χ1v) is 7.63. The highest BCUT2D eigenvalue weighted by Crippen LogP contribution is 2.20. The molecule has 0 aliphatic carbocycles. The van der Waals surface area contributed by atoms with Gasteiger partial charge in [-0.2, -0.15) is 0 Å². The molecule has 4 nitrogen and oxygen atoms in total. The van der Waals surface area contributed by atoms with E-state index < -0.39 is 0 Å². The second-order valence-corrected chi connectivity index (χ2v) is 5.40. The number of carbonyl (C=O) groups excluding carboxylic acids is 1. The summed E-state index contributed by atoms with van der Waals surface area (Å²) in [5, 5.41) is 2.93. The molecule has 0 aliphatic rings. The SMILES string of the molecule is CCC(C(=O)NCc1ncc2ccccn12)c1ccc(F)cc1. The Morgan fingerprint density at radius 2 is 2.04 bits per heavy atom. The van der Waals surface area contributed by atoms with Gasteiger partial charge in [-0.05, 0) is 36.2 Å². The van der Waals surface area contributed by atoms with Crippen molar-refractivity contribution in [2.45, 2.75) is 25.8 Å². The molecule has 0 saturated heterocycles. The molecule has 3 rings (SSSR count). The number of fused-ring (bicyclic) bond motifs is 1. The summed E-state index contributed by atoms with van der Waals surface area (Å²) in [5.74, 6) is 0.115. The molecular weight excluding hydrogens is 293 g/mol. The Kier molecular flexibility index (Phi) is 4.37. The first-order valence-electron chi connectivity index (χ1n) is 7.63. The number of hydrogen-bond donors (Lipinski definition) is 1. The van der Waals surface area contributed by atoms with Crippen LogP contribution in [0.5, 0.6) is 0 Å². The number of pyridine rings is 1. The fraction of sp³-hybridized carbons (Fsp3) is 0.222. The maximum Gasteiger partial charge on any atom is 0.227 e. The van der Waals surface area contributed by atoms with E-state index in [0.29, 0.717) is 13.0 Å². The van der Waals surface area contributed by atoms with Crippen LogP contribution < -0.4 is 5.32 Å². The van der Waals surface area contributed by atoms with Gasteiger partial charge in [-0.1, -0.05) is 25.1 Å². The van der Waals surface area contributed by atoms with Crippen molar-refractivity contribution in [3.8, 4) is 0 Å². The molecule has 3 aromatic rings. The number of aromatic nitrogens is 2. The second kappa shape index (κ2) is 6.60. The third-order valence-corrected chi connectivity index (χ3v) is 3.93. The summed E-state index contributed by atoms with van der Waals surface area (Å²) in [6.45, 7) is 2.30. The standard InChI is InChI=1S/C18H18FN3O/c1-2-16(13-6-8-14(19)9-7-13)18(23)21-12-17-20-11-15-5-3-4-10-22(15)17/h3-11,16H,2,12H2,1H3,(H,21,23). The van der Waals surface area contributed by atoms with Crippen molar-refractivity contribution >= 4 is 11.4 Å². The lowest BCUT2D eigenvalue weighted by molar-refractivity contribution is -0.122. The summed E-state index contributed by atoms with van der Waals surface area (Å²) < 4.78 is 15.0. The van der Waals surface area contributed by atoms with E-state index in [0.717, 1.165) is 16.9 Å². The van der Waals surface area contributed by atoms with E-state index in [-0.39, 0.29) is 17.6 Å². The number of rotatable bonds is 5. The van der Waals surface area contributed by atoms with Gasteiger partial charge in [-0.15, -0.1) is 0 Å². The fourth-order valence-electron chi connectivity index (χ4n) is 2.69. The summed E-state index contributed by atoms with van der Waals surface area (Å²) in [5.41, 5.74) is 1.81. The molecule has 1 N–H and O–H groups in total. The largest absolute Gasteiger partial charge is 0.348 e. The van der Waals surface area contributed by atoms with Crippen LogP contribution in [0.1, 0.15) is 30.7 Å². The molecule has 1 atom stereocenters. The van der Waals surface area contributed by atoms with Gasteiger partial charge in [0.1, 0.15) is 11.6 Å². The van der Waals surface area contributed by atoms with Crippen molar-refractivity contribution in [3.05, 3.63) is 72.1 Å². The van der Waals surface area contributed by atoms with Crippen molar-refractivity contribution < 1.29 is 9.18 Å². The van der Waals surface area contributed by atoms with E-state index in [9.17, 15) is 9.18 Å². The highest BCUT2D eigenvalue weighted by Gasteiger charge is 2.19. The van der Waals surface area contributed by atoms with Gasteiger partial charge in [0.05, 0.1) is 24.2 Å². The summed E-state index contributed by atoms with van der Waals surface area (Å²) in [6, 6.07) is 11.9. The lowest BCUT2D eigenvalue weighted by Crippen LogP contribution is -2.29. The van der Waals surface area contributed by atoms with Crippen LogP contribution >= 0.6 is 0 Å². The third-order valence-electron chi connectivity index (χ3n) is 3.93. The molecule has 0 radical (unpaired) electrons. The molecule has 0 saturated carbocycles. The van der Waals surface area contributed by atoms with Crippen molar-refractivity contribution in [3.63, 3.8) is 0 Å². The highest BCUT2D eigenvalue weighted by atomic mass is 19.1. The molecule has 0 aliphatic heterocycles. The number of benzene rings is 1. The Bertz CT molecular complexity index is 811. The quantitative estimate of drug-likeness (QED) is 0.786. The summed E-state index contributed by atoms with van der Waals surface area (Å²) in [4.78, 5) is 16.8. The Morgan fingerprint density at radius 1 is 1.26 bits per heavy atom. The first kappa shape index (κ1) is 15.2. The maximum absolute atomic E-state index is 13.0. The van der Waals surface area contributed by atoms with Crippen LogP contribution in [0.15, 0.2) is 54.9 Å². The smallest absolute Gasteiger partial charge is 0.227 e. The Balaban J connectivity index is 1.71. The van der Waals surface area contributed by atoms with Gasteiger partial charge in [0.2, 0.25) is 5.91 Å². The van der Waals surface area contributed by atoms with Gasteiger partial charge in [-0.3, -0.25) is 4.79 Å². The zero-order valence-electron chi connectivity index (χ0n) is 12.9. The van der Waals surface area contributed by atoms with Crippen LogP contribution in [-0.4, -0.2) is 15.3 Å². The van der Waals surface area contributed by atoms with Crippen molar-refractivity contribution in [1.29, 1.82) is 0 Å². The zero-order chi connectivity index (χ0) is 16.2. The van der Waals surface area contributed by atoms with E-state index in [1.54, 1.807) is 18.3 Å². The Morgan fingerprint density at radius 3 is 2.78 bits per heavy atom. The van der Waals surface area contributed by atoms with E-state index in [2.05, 4.69) is 10.3 Å². The Hall–Kier alpha value is -2.69. The predicted octanol–water partition coefficient (Wildman–Crippen LogP) is 3.28. The van der Waals surface area contributed by atoms with E-state index in [1.807, 2.05) is 35.7 Å². The molecule has 1 amide bonds. The number of amides is 1. The monoisotopic (exact) mass is 311 g/mol. The minimum atomic E-state index is -0.298. The normalized spacial score (nSPS) is 12.3. The van der Waals surface area contributed by atoms with Crippen LogP contribution in [0.4, 0.5) is 4.39 Å². The molecule has 0 spiro atoms. The third kappa shape index (κ3) is 3.23. The molecule has 118 valence electrons. The predicted molar refractivity (Wildman–Crippen MR) is 86.5 cm³/mol. The van der Waals surface area contributed by atoms with Gasteiger partial charge < -0.3 is 9.72 Å². The number of imidazole rings is 1. The van der Waals surface area contributed by atoms with E-state index >= 15 is 0 Å². The summed E-state index contributed by atoms with van der Waals surface area (Å²) >= 11 is 0. The van der Waals surface area contributed by atoms with Crippen LogP contribution in [0.2, 0.25) is 0 Å². The summed E-state index contributed by atoms with van der Waals surface area (Å²) in [6.07, 6.45) is 4.35. The zero-order valence-corrected chi connectivity index (χ0v) is 12.9. The van der Waals surface area contributed by atoms with Crippen molar-refractivity contribution in [1.82, 2.24) is 14.7 Å². The van der Waals surface area contributed by atoms with Crippen LogP contribution in [-0.2, 0) is 11.3 Å². The number of carbonyl (C=O) groups is 1. The molecule has 5 heteroatoms. The number of halogens is 1. The van der Waals surface area contributed by atoms with Gasteiger partial charge in [0.15, 0.2) is 0 Å². The maximum atomic E-state index is 13.0. The topological polar surface area (TPSA) is 46.4 Å². The minimum absolute atomic E-state index is 0.0770. The fourth-order valence-corrected chi connectivity index (χ4v) is 2.69. The lowest BCUT2D eigenvalue weighted by Gasteiger charge is -2.15. The van der Waals surface area contributed by atoms with Crippen LogP contribution in [0.3, 0.4) is 0 Å². The van der Waals surface area contributed by atoms with Crippen molar-refractivity contribution in [2.75, 3.05) is 0 Å². The van der Waals surface area contributed by atoms with E-state index in [4.69, 9.17) is 0 Å². The van der Waals surface area contributed by atoms with Crippen molar-refractivity contribution in [2.24, 2.45) is 0 Å². The molecule has 2 heterocycles.